The number of rotatable bonds is 6. The van der Waals surface area contributed by atoms with Crippen LogP contribution < -0.4 is 9.47 Å². The number of hydrogen-bond acceptors (Lipinski definition) is 5. The van der Waals surface area contributed by atoms with Crippen LogP contribution in [0.4, 0.5) is 0 Å². The lowest BCUT2D eigenvalue weighted by molar-refractivity contribution is -0.121. The van der Waals surface area contributed by atoms with Crippen LogP contribution in [-0.2, 0) is 11.4 Å². The van der Waals surface area contributed by atoms with Gasteiger partial charge in [-0.05, 0) is 60.2 Å². The molecule has 2 aromatic carbocycles. The lowest BCUT2D eigenvalue weighted by atomic mass is 10.1. The molecule has 1 amide bonds. The first-order valence-electron chi connectivity index (χ1n) is 8.91. The van der Waals surface area contributed by atoms with Gasteiger partial charge in [0, 0.05) is 19.1 Å². The Hall–Kier alpha value is -2.15. The normalized spacial score (nSPS) is 16.7. The molecule has 0 aromatic heterocycles. The maximum absolute atomic E-state index is 12.4. The standard InChI is InChI=1S/C21H20Cl2N2O3S/c1-4-27-17-10-14(11-18-20(26)25(3)21(24-2)29-18)9-16(23)19(17)28-12-13-5-7-15(22)8-6-13/h5-11H,4,12H2,1-3H3/b18-11-,24-21?. The Morgan fingerprint density at radius 2 is 1.90 bits per heavy atom. The number of nitrogens with zero attached hydrogens (tertiary/aromatic N) is 2. The van der Waals surface area contributed by atoms with Crippen molar-refractivity contribution in [2.75, 3.05) is 20.7 Å². The molecule has 1 aliphatic heterocycles. The SMILES string of the molecule is CCOc1cc(/C=C2\SC(=NC)N(C)C2=O)cc(Cl)c1OCc1ccc(Cl)cc1. The third-order valence-corrected chi connectivity index (χ3v) is 5.80. The maximum atomic E-state index is 12.4. The van der Waals surface area contributed by atoms with E-state index in [1.54, 1.807) is 26.2 Å². The van der Waals surface area contributed by atoms with Crippen molar-refractivity contribution in [1.29, 1.82) is 0 Å². The van der Waals surface area contributed by atoms with Crippen molar-refractivity contribution in [1.82, 2.24) is 4.90 Å². The molecule has 0 radical (unpaired) electrons. The quantitative estimate of drug-likeness (QED) is 0.544. The molecule has 1 saturated heterocycles. The van der Waals surface area contributed by atoms with Gasteiger partial charge in [-0.3, -0.25) is 14.7 Å². The molecule has 0 aliphatic carbocycles. The van der Waals surface area contributed by atoms with Gasteiger partial charge in [-0.15, -0.1) is 0 Å². The second-order valence-corrected chi connectivity index (χ2v) is 8.01. The number of aliphatic imine (C=N–C) groups is 1. The highest BCUT2D eigenvalue weighted by atomic mass is 35.5. The number of carbonyl (C=O) groups is 1. The molecule has 1 heterocycles. The third-order valence-electron chi connectivity index (χ3n) is 4.12. The highest BCUT2D eigenvalue weighted by molar-refractivity contribution is 8.18. The molecule has 3 rings (SSSR count). The van der Waals surface area contributed by atoms with Gasteiger partial charge in [-0.2, -0.15) is 0 Å². The zero-order valence-corrected chi connectivity index (χ0v) is 18.6. The molecule has 0 bridgehead atoms. The summed E-state index contributed by atoms with van der Waals surface area (Å²) in [6, 6.07) is 11.0. The molecule has 8 heteroatoms. The van der Waals surface area contributed by atoms with E-state index in [-0.39, 0.29) is 5.91 Å². The summed E-state index contributed by atoms with van der Waals surface area (Å²) in [6.45, 7) is 2.67. The van der Waals surface area contributed by atoms with Crippen LogP contribution in [0.15, 0.2) is 46.3 Å². The second-order valence-electron chi connectivity index (χ2n) is 6.16. The molecular weight excluding hydrogens is 431 g/mol. The van der Waals surface area contributed by atoms with Gasteiger partial charge in [-0.25, -0.2) is 0 Å². The van der Waals surface area contributed by atoms with Crippen LogP contribution in [0.5, 0.6) is 11.5 Å². The molecule has 0 N–H and O–H groups in total. The highest BCUT2D eigenvalue weighted by Gasteiger charge is 2.29. The van der Waals surface area contributed by atoms with E-state index in [0.29, 0.717) is 44.8 Å². The van der Waals surface area contributed by atoms with E-state index in [0.717, 1.165) is 11.1 Å². The lowest BCUT2D eigenvalue weighted by Gasteiger charge is -2.15. The largest absolute Gasteiger partial charge is 0.490 e. The first kappa shape index (κ1) is 21.6. The van der Waals surface area contributed by atoms with Gasteiger partial charge in [-0.1, -0.05) is 35.3 Å². The Bertz CT molecular complexity index is 975. The molecule has 0 saturated carbocycles. The van der Waals surface area contributed by atoms with Crippen molar-refractivity contribution in [2.24, 2.45) is 4.99 Å². The number of amidine groups is 1. The minimum Gasteiger partial charge on any atom is -0.490 e. The van der Waals surface area contributed by atoms with Gasteiger partial charge >= 0.3 is 0 Å². The van der Waals surface area contributed by atoms with E-state index in [1.807, 2.05) is 37.3 Å². The first-order chi connectivity index (χ1) is 13.9. The van der Waals surface area contributed by atoms with Crippen molar-refractivity contribution >= 4 is 52.1 Å². The van der Waals surface area contributed by atoms with Gasteiger partial charge in [0.2, 0.25) is 0 Å². The topological polar surface area (TPSA) is 51.1 Å². The molecule has 1 fully saturated rings. The van der Waals surface area contributed by atoms with Gasteiger partial charge < -0.3 is 9.47 Å². The number of amides is 1. The summed E-state index contributed by atoms with van der Waals surface area (Å²) in [5.74, 6) is 0.880. The second kappa shape index (κ2) is 9.57. The van der Waals surface area contributed by atoms with Crippen molar-refractivity contribution in [3.8, 4) is 11.5 Å². The van der Waals surface area contributed by atoms with Gasteiger partial charge in [0.1, 0.15) is 6.61 Å². The van der Waals surface area contributed by atoms with Gasteiger partial charge in [0.15, 0.2) is 16.7 Å². The lowest BCUT2D eigenvalue weighted by Crippen LogP contribution is -2.23. The van der Waals surface area contributed by atoms with Crippen LogP contribution in [0.25, 0.3) is 6.08 Å². The van der Waals surface area contributed by atoms with Crippen molar-refractivity contribution < 1.29 is 14.3 Å². The number of benzene rings is 2. The van der Waals surface area contributed by atoms with Crippen LogP contribution in [-0.4, -0.2) is 36.7 Å². The van der Waals surface area contributed by atoms with Crippen LogP contribution in [0.2, 0.25) is 10.0 Å². The van der Waals surface area contributed by atoms with E-state index in [9.17, 15) is 4.79 Å². The van der Waals surface area contributed by atoms with E-state index >= 15 is 0 Å². The zero-order valence-electron chi connectivity index (χ0n) is 16.2. The summed E-state index contributed by atoms with van der Waals surface area (Å²) in [5, 5.41) is 1.73. The van der Waals surface area contributed by atoms with E-state index in [4.69, 9.17) is 32.7 Å². The maximum Gasteiger partial charge on any atom is 0.266 e. The molecule has 5 nitrogen and oxygen atoms in total. The molecule has 29 heavy (non-hydrogen) atoms. The van der Waals surface area contributed by atoms with Gasteiger partial charge in [0.25, 0.3) is 5.91 Å². The molecule has 2 aromatic rings. The van der Waals surface area contributed by atoms with Crippen molar-refractivity contribution in [3.05, 3.63) is 62.5 Å². The molecule has 0 spiro atoms. The fraction of sp³-hybridized carbons (Fsp3) is 0.238. The Balaban J connectivity index is 1.87. The number of hydrogen-bond donors (Lipinski definition) is 0. The minimum absolute atomic E-state index is 0.104. The van der Waals surface area contributed by atoms with Gasteiger partial charge in [0.05, 0.1) is 16.5 Å². The number of ether oxygens (including phenoxy) is 2. The number of halogens is 2. The zero-order chi connectivity index (χ0) is 21.0. The number of carbonyl (C=O) groups excluding carboxylic acids is 1. The minimum atomic E-state index is -0.104. The molecule has 1 aliphatic rings. The molecule has 152 valence electrons. The smallest absolute Gasteiger partial charge is 0.266 e. The van der Waals surface area contributed by atoms with Crippen molar-refractivity contribution in [3.63, 3.8) is 0 Å². The third kappa shape index (κ3) is 5.07. The van der Waals surface area contributed by atoms with E-state index in [2.05, 4.69) is 4.99 Å². The van der Waals surface area contributed by atoms with Crippen molar-refractivity contribution in [2.45, 2.75) is 13.5 Å². The summed E-state index contributed by atoms with van der Waals surface area (Å²) in [5.41, 5.74) is 1.71. The Kier molecular flexibility index (Phi) is 7.11. The first-order valence-corrected chi connectivity index (χ1v) is 10.5. The summed E-state index contributed by atoms with van der Waals surface area (Å²) in [7, 11) is 3.36. The predicted octanol–water partition coefficient (Wildman–Crippen LogP) is 5.50. The van der Waals surface area contributed by atoms with E-state index in [1.165, 1.54) is 16.7 Å². The predicted molar refractivity (Wildman–Crippen MR) is 120 cm³/mol. The molecular formula is C21H20Cl2N2O3S. The highest BCUT2D eigenvalue weighted by Crippen LogP contribution is 2.39. The number of likely N-dealkylation sites (N-methyl/N-ethyl adjacent to an activating group) is 1. The molecule has 0 atom stereocenters. The average Bonchev–Trinajstić information content (AvgIpc) is 2.97. The van der Waals surface area contributed by atoms with Crippen LogP contribution >= 0.6 is 35.0 Å². The van der Waals surface area contributed by atoms with Crippen LogP contribution in [0.3, 0.4) is 0 Å². The summed E-state index contributed by atoms with van der Waals surface area (Å²) >= 11 is 13.7. The monoisotopic (exact) mass is 450 g/mol. The fourth-order valence-electron chi connectivity index (χ4n) is 2.71. The Morgan fingerprint density at radius 3 is 2.52 bits per heavy atom. The van der Waals surface area contributed by atoms with Crippen LogP contribution in [0.1, 0.15) is 18.1 Å². The van der Waals surface area contributed by atoms with E-state index < -0.39 is 0 Å². The average molecular weight is 451 g/mol. The van der Waals surface area contributed by atoms with Crippen LogP contribution in [0, 0.1) is 0 Å². The molecule has 0 unspecified atom stereocenters. The summed E-state index contributed by atoms with van der Waals surface area (Å²) in [6.07, 6.45) is 1.78. The Labute approximate surface area is 184 Å². The number of thioether (sulfide) groups is 1. The summed E-state index contributed by atoms with van der Waals surface area (Å²) in [4.78, 5) is 18.6. The Morgan fingerprint density at radius 1 is 1.17 bits per heavy atom. The fourth-order valence-corrected chi connectivity index (χ4v) is 4.04. The summed E-state index contributed by atoms with van der Waals surface area (Å²) < 4.78 is 11.7.